The zero-order valence-corrected chi connectivity index (χ0v) is 15.7. The van der Waals surface area contributed by atoms with Crippen LogP contribution in [0.15, 0.2) is 0 Å². The molecule has 0 spiro atoms. The maximum absolute atomic E-state index is 12.4. The minimum Gasteiger partial charge on any atom is -0.395 e. The molecule has 2 aliphatic heterocycles. The van der Waals surface area contributed by atoms with Gasteiger partial charge in [0, 0.05) is 38.3 Å². The number of sulfone groups is 1. The number of rotatable bonds is 6. The van der Waals surface area contributed by atoms with Crippen molar-refractivity contribution in [3.8, 4) is 0 Å². The Morgan fingerprint density at radius 3 is 2.36 bits per heavy atom. The number of nitrogens with one attached hydrogen (secondary N) is 1. The van der Waals surface area contributed by atoms with E-state index in [1.165, 1.54) is 32.1 Å². The molecule has 2 saturated heterocycles. The van der Waals surface area contributed by atoms with Gasteiger partial charge in [-0.1, -0.05) is 19.3 Å². The summed E-state index contributed by atoms with van der Waals surface area (Å²) in [5, 5.41) is 12.3. The topological polar surface area (TPSA) is 90.0 Å². The molecule has 1 aliphatic carbocycles. The largest absolute Gasteiger partial charge is 0.395 e. The summed E-state index contributed by atoms with van der Waals surface area (Å²) in [5.41, 5.74) is 0. The number of fused-ring (bicyclic) bond motifs is 1. The zero-order chi connectivity index (χ0) is 17.9. The third-order valence-electron chi connectivity index (χ3n) is 5.95. The van der Waals surface area contributed by atoms with Crippen molar-refractivity contribution in [2.24, 2.45) is 5.92 Å². The molecule has 0 aromatic heterocycles. The van der Waals surface area contributed by atoms with Crippen molar-refractivity contribution < 1.29 is 18.3 Å². The molecule has 2 unspecified atom stereocenters. The van der Waals surface area contributed by atoms with Gasteiger partial charge in [-0.05, 0) is 18.8 Å². The first-order chi connectivity index (χ1) is 12.0. The highest BCUT2D eigenvalue weighted by Gasteiger charge is 2.46. The second-order valence-electron chi connectivity index (χ2n) is 7.75. The maximum atomic E-state index is 12.4. The Morgan fingerprint density at radius 1 is 1.04 bits per heavy atom. The number of aliphatic hydroxyl groups excluding tert-OH is 1. The molecule has 25 heavy (non-hydrogen) atoms. The molecule has 2 heterocycles. The van der Waals surface area contributed by atoms with Crippen LogP contribution >= 0.6 is 0 Å². The lowest BCUT2D eigenvalue weighted by Gasteiger charge is -2.43. The molecule has 3 fully saturated rings. The van der Waals surface area contributed by atoms with Gasteiger partial charge in [0.25, 0.3) is 0 Å². The van der Waals surface area contributed by atoms with E-state index >= 15 is 0 Å². The van der Waals surface area contributed by atoms with Crippen molar-refractivity contribution in [2.75, 3.05) is 50.8 Å². The lowest BCUT2D eigenvalue weighted by molar-refractivity contribution is -0.124. The van der Waals surface area contributed by atoms with Gasteiger partial charge in [0.15, 0.2) is 9.84 Å². The fourth-order valence-electron chi connectivity index (χ4n) is 4.59. The number of nitrogens with zero attached hydrogens (tertiary/aromatic N) is 2. The van der Waals surface area contributed by atoms with Gasteiger partial charge in [0.05, 0.1) is 24.7 Å². The van der Waals surface area contributed by atoms with Gasteiger partial charge in [-0.2, -0.15) is 0 Å². The lowest BCUT2D eigenvalue weighted by Crippen LogP contribution is -2.61. The number of hydrogen-bond donors (Lipinski definition) is 2. The molecule has 8 heteroatoms. The average molecular weight is 374 g/mol. The number of hydrogen-bond acceptors (Lipinski definition) is 6. The molecule has 0 aromatic rings. The molecule has 2 N–H and O–H groups in total. The summed E-state index contributed by atoms with van der Waals surface area (Å²) in [7, 11) is -3.07. The Hall–Kier alpha value is -0.700. The molecule has 3 aliphatic rings. The monoisotopic (exact) mass is 373 g/mol. The fourth-order valence-corrected chi connectivity index (χ4v) is 6.63. The molecule has 1 saturated carbocycles. The highest BCUT2D eigenvalue weighted by Crippen LogP contribution is 2.26. The van der Waals surface area contributed by atoms with E-state index in [4.69, 9.17) is 0 Å². The molecule has 0 radical (unpaired) electrons. The van der Waals surface area contributed by atoms with Gasteiger partial charge in [0.1, 0.15) is 0 Å². The third kappa shape index (κ3) is 4.93. The SMILES string of the molecule is O=C(CN1CCN(CCO)C2CS(=O)(=O)CC21)NCC1CCCCC1. The van der Waals surface area contributed by atoms with E-state index in [-0.39, 0.29) is 42.6 Å². The van der Waals surface area contributed by atoms with Gasteiger partial charge in [-0.25, -0.2) is 8.42 Å². The lowest BCUT2D eigenvalue weighted by atomic mass is 9.89. The van der Waals surface area contributed by atoms with E-state index in [0.29, 0.717) is 25.6 Å². The van der Waals surface area contributed by atoms with Gasteiger partial charge in [-0.15, -0.1) is 0 Å². The normalized spacial score (nSPS) is 30.9. The Kier molecular flexibility index (Phi) is 6.35. The van der Waals surface area contributed by atoms with E-state index in [0.717, 1.165) is 6.54 Å². The Balaban J connectivity index is 1.54. The van der Waals surface area contributed by atoms with Crippen LogP contribution in [0, 0.1) is 5.92 Å². The summed E-state index contributed by atoms with van der Waals surface area (Å²) in [5.74, 6) is 0.857. The first kappa shape index (κ1) is 19.1. The van der Waals surface area contributed by atoms with Crippen molar-refractivity contribution in [3.63, 3.8) is 0 Å². The number of amides is 1. The molecule has 7 nitrogen and oxygen atoms in total. The van der Waals surface area contributed by atoms with Crippen molar-refractivity contribution in [3.05, 3.63) is 0 Å². The number of carbonyl (C=O) groups is 1. The van der Waals surface area contributed by atoms with Crippen LogP contribution in [-0.2, 0) is 14.6 Å². The van der Waals surface area contributed by atoms with Crippen LogP contribution in [0.4, 0.5) is 0 Å². The van der Waals surface area contributed by atoms with Crippen LogP contribution in [0.25, 0.3) is 0 Å². The number of β-amino-alcohol motifs (C(OH)–C–C–N with tert-alkyl or cyclic N) is 1. The minimum absolute atomic E-state index is 0.00392. The molecule has 2 atom stereocenters. The standard InChI is InChI=1S/C17H31N3O4S/c21-9-8-19-6-7-20(16-13-25(23,24)12-15(16)19)11-17(22)18-10-14-4-2-1-3-5-14/h14-16,21H,1-13H2,(H,18,22). The Labute approximate surface area is 150 Å². The molecule has 3 rings (SSSR count). The van der Waals surface area contributed by atoms with Gasteiger partial charge in [-0.3, -0.25) is 14.6 Å². The fraction of sp³-hybridized carbons (Fsp3) is 0.941. The summed E-state index contributed by atoms with van der Waals surface area (Å²) in [4.78, 5) is 16.4. The van der Waals surface area contributed by atoms with Crippen LogP contribution < -0.4 is 5.32 Å². The maximum Gasteiger partial charge on any atom is 0.234 e. The van der Waals surface area contributed by atoms with Crippen LogP contribution in [-0.4, -0.2) is 92.2 Å². The molecule has 0 bridgehead atoms. The van der Waals surface area contributed by atoms with Gasteiger partial charge < -0.3 is 10.4 Å². The Bertz CT molecular complexity index is 562. The smallest absolute Gasteiger partial charge is 0.234 e. The third-order valence-corrected chi connectivity index (χ3v) is 7.65. The first-order valence-corrected chi connectivity index (χ1v) is 11.4. The molecular weight excluding hydrogens is 342 g/mol. The zero-order valence-electron chi connectivity index (χ0n) is 14.9. The van der Waals surface area contributed by atoms with Crippen molar-refractivity contribution in [2.45, 2.75) is 44.2 Å². The van der Waals surface area contributed by atoms with Crippen LogP contribution in [0.3, 0.4) is 0 Å². The number of piperazine rings is 1. The van der Waals surface area contributed by atoms with Crippen LogP contribution in [0.2, 0.25) is 0 Å². The van der Waals surface area contributed by atoms with E-state index in [1.54, 1.807) is 0 Å². The summed E-state index contributed by atoms with van der Waals surface area (Å²) >= 11 is 0. The summed E-state index contributed by atoms with van der Waals surface area (Å²) in [6.45, 7) is 2.93. The van der Waals surface area contributed by atoms with E-state index in [1.807, 2.05) is 4.90 Å². The van der Waals surface area contributed by atoms with Gasteiger partial charge in [0.2, 0.25) is 5.91 Å². The number of carbonyl (C=O) groups excluding carboxylic acids is 1. The van der Waals surface area contributed by atoms with E-state index in [9.17, 15) is 18.3 Å². The molecule has 0 aromatic carbocycles. The molecule has 144 valence electrons. The minimum atomic E-state index is -3.07. The van der Waals surface area contributed by atoms with E-state index in [2.05, 4.69) is 10.2 Å². The summed E-state index contributed by atoms with van der Waals surface area (Å²) in [6.07, 6.45) is 6.22. The highest BCUT2D eigenvalue weighted by molar-refractivity contribution is 7.91. The van der Waals surface area contributed by atoms with Crippen LogP contribution in [0.5, 0.6) is 0 Å². The van der Waals surface area contributed by atoms with Gasteiger partial charge >= 0.3 is 0 Å². The average Bonchev–Trinajstić information content (AvgIpc) is 2.92. The van der Waals surface area contributed by atoms with Crippen molar-refractivity contribution in [1.29, 1.82) is 0 Å². The van der Waals surface area contributed by atoms with Crippen molar-refractivity contribution >= 4 is 15.7 Å². The van der Waals surface area contributed by atoms with E-state index < -0.39 is 9.84 Å². The predicted molar refractivity (Wildman–Crippen MR) is 96.0 cm³/mol. The quantitative estimate of drug-likeness (QED) is 0.650. The van der Waals surface area contributed by atoms with Crippen molar-refractivity contribution in [1.82, 2.24) is 15.1 Å². The van der Waals surface area contributed by atoms with Crippen LogP contribution in [0.1, 0.15) is 32.1 Å². The molecular formula is C17H31N3O4S. The Morgan fingerprint density at radius 2 is 1.68 bits per heavy atom. The highest BCUT2D eigenvalue weighted by atomic mass is 32.2. The first-order valence-electron chi connectivity index (χ1n) is 9.54. The second kappa shape index (κ2) is 8.33. The predicted octanol–water partition coefficient (Wildman–Crippen LogP) is -0.542. The molecule has 1 amide bonds. The summed E-state index contributed by atoms with van der Waals surface area (Å²) < 4.78 is 24.2. The number of aliphatic hydroxyl groups is 1. The second-order valence-corrected chi connectivity index (χ2v) is 9.90. The summed E-state index contributed by atoms with van der Waals surface area (Å²) in [6, 6.07) is -0.234.